The second-order valence-corrected chi connectivity index (χ2v) is 9.13. The van der Waals surface area contributed by atoms with Gasteiger partial charge in [-0.2, -0.15) is 5.06 Å². The molecule has 0 aliphatic heterocycles. The third-order valence-electron chi connectivity index (χ3n) is 5.03. The van der Waals surface area contributed by atoms with Crippen molar-refractivity contribution in [3.05, 3.63) is 78.4 Å². The summed E-state index contributed by atoms with van der Waals surface area (Å²) in [6.45, 7) is 0. The van der Waals surface area contributed by atoms with E-state index in [-0.39, 0.29) is 18.6 Å². The zero-order valence-corrected chi connectivity index (χ0v) is 19.2. The van der Waals surface area contributed by atoms with Crippen LogP contribution in [0.25, 0.3) is 10.8 Å². The number of hydrogen-bond donors (Lipinski definition) is 1. The molecule has 0 aliphatic rings. The van der Waals surface area contributed by atoms with E-state index in [0.717, 1.165) is 15.8 Å². The molecule has 0 radical (unpaired) electrons. The number of rotatable bonds is 10. The van der Waals surface area contributed by atoms with Crippen molar-refractivity contribution in [3.8, 4) is 0 Å². The first-order valence-electron chi connectivity index (χ1n) is 10.3. The third-order valence-corrected chi connectivity index (χ3v) is 6.39. The van der Waals surface area contributed by atoms with E-state index >= 15 is 0 Å². The predicted octanol–water partition coefficient (Wildman–Crippen LogP) is 3.18. The number of carbonyl (C=O) groups is 2. The third kappa shape index (κ3) is 6.61. The maximum atomic E-state index is 12.9. The van der Waals surface area contributed by atoms with Crippen LogP contribution in [0.15, 0.2) is 72.8 Å². The highest BCUT2D eigenvalue weighted by Crippen LogP contribution is 2.23. The number of hydrogen-bond acceptors (Lipinski definition) is 6. The molecule has 3 aromatic carbocycles. The van der Waals surface area contributed by atoms with Gasteiger partial charge in [-0.25, -0.2) is 13.1 Å². The lowest BCUT2D eigenvalue weighted by atomic mass is 10.1. The highest BCUT2D eigenvalue weighted by Gasteiger charge is 2.27. The lowest BCUT2D eigenvalue weighted by molar-refractivity contribution is -0.142. The number of carbonyl (C=O) groups excluding carboxylic acids is 2. The van der Waals surface area contributed by atoms with Crippen LogP contribution in [-0.4, -0.2) is 40.6 Å². The van der Waals surface area contributed by atoms with Crippen molar-refractivity contribution < 1.29 is 27.6 Å². The zero-order chi connectivity index (χ0) is 23.8. The van der Waals surface area contributed by atoms with E-state index in [4.69, 9.17) is 9.57 Å². The maximum absolute atomic E-state index is 12.9. The number of fused-ring (bicyclic) bond motifs is 1. The van der Waals surface area contributed by atoms with E-state index in [1.807, 2.05) is 36.4 Å². The number of methoxy groups -OCH3 is 1. The second kappa shape index (κ2) is 11.0. The number of anilines is 1. The molecule has 0 fully saturated rings. The molecule has 1 amide bonds. The van der Waals surface area contributed by atoms with E-state index in [2.05, 4.69) is 4.72 Å². The number of hydroxylamine groups is 1. The van der Waals surface area contributed by atoms with Gasteiger partial charge in [0.1, 0.15) is 6.04 Å². The molecule has 0 saturated heterocycles. The minimum absolute atomic E-state index is 0.0903. The molecule has 33 heavy (non-hydrogen) atoms. The Balaban J connectivity index is 1.69. The molecule has 8 nitrogen and oxygen atoms in total. The first-order valence-corrected chi connectivity index (χ1v) is 12.0. The SMILES string of the molecule is COC(=O)C(CCC(=O)N(OC)c1ccc2ccccc2c1)NS(=O)(=O)Cc1ccccc1. The molecule has 3 aromatic rings. The van der Waals surface area contributed by atoms with Crippen LogP contribution in [0.5, 0.6) is 0 Å². The Kier molecular flexibility index (Phi) is 8.16. The van der Waals surface area contributed by atoms with Crippen molar-refractivity contribution in [1.29, 1.82) is 0 Å². The van der Waals surface area contributed by atoms with Gasteiger partial charge in [-0.15, -0.1) is 0 Å². The fraction of sp³-hybridized carbons (Fsp3) is 0.250. The Hall–Kier alpha value is -3.27. The summed E-state index contributed by atoms with van der Waals surface area (Å²) in [5.41, 5.74) is 1.10. The molecule has 0 spiro atoms. The van der Waals surface area contributed by atoms with Gasteiger partial charge in [0, 0.05) is 6.42 Å². The van der Waals surface area contributed by atoms with Crippen LogP contribution in [0, 0.1) is 0 Å². The summed E-state index contributed by atoms with van der Waals surface area (Å²) in [4.78, 5) is 30.3. The van der Waals surface area contributed by atoms with Crippen molar-refractivity contribution in [2.75, 3.05) is 19.3 Å². The van der Waals surface area contributed by atoms with E-state index in [1.54, 1.807) is 36.4 Å². The standard InChI is InChI=1S/C24H26N2O6S/c1-31-24(28)22(25-33(29,30)17-18-8-4-3-5-9-18)14-15-23(27)26(32-2)21-13-12-19-10-6-7-11-20(19)16-21/h3-13,16,22,25H,14-15,17H2,1-2H3. The largest absolute Gasteiger partial charge is 0.468 e. The summed E-state index contributed by atoms with van der Waals surface area (Å²) in [7, 11) is -1.31. The number of sulfonamides is 1. The van der Waals surface area contributed by atoms with Crippen LogP contribution in [0.1, 0.15) is 18.4 Å². The molecule has 0 aliphatic carbocycles. The van der Waals surface area contributed by atoms with Crippen LogP contribution in [0.4, 0.5) is 5.69 Å². The molecule has 0 aromatic heterocycles. The normalized spacial score (nSPS) is 12.3. The van der Waals surface area contributed by atoms with Crippen LogP contribution in [0.2, 0.25) is 0 Å². The molecule has 3 rings (SSSR count). The number of benzene rings is 3. The van der Waals surface area contributed by atoms with Crippen LogP contribution >= 0.6 is 0 Å². The van der Waals surface area contributed by atoms with Gasteiger partial charge in [0.15, 0.2) is 0 Å². The van der Waals surface area contributed by atoms with Gasteiger partial charge >= 0.3 is 5.97 Å². The number of amides is 1. The molecule has 1 N–H and O–H groups in total. The van der Waals surface area contributed by atoms with Gasteiger partial charge in [-0.3, -0.25) is 14.4 Å². The molecular weight excluding hydrogens is 444 g/mol. The summed E-state index contributed by atoms with van der Waals surface area (Å²) in [5, 5.41) is 3.08. The summed E-state index contributed by atoms with van der Waals surface area (Å²) >= 11 is 0. The van der Waals surface area contributed by atoms with Gasteiger partial charge in [0.05, 0.1) is 25.7 Å². The molecule has 1 atom stereocenters. The predicted molar refractivity (Wildman–Crippen MR) is 126 cm³/mol. The fourth-order valence-electron chi connectivity index (χ4n) is 3.44. The first kappa shape index (κ1) is 24.4. The molecule has 0 saturated carbocycles. The number of nitrogens with zero attached hydrogens (tertiary/aromatic N) is 1. The quantitative estimate of drug-likeness (QED) is 0.361. The van der Waals surface area contributed by atoms with Crippen molar-refractivity contribution in [3.63, 3.8) is 0 Å². The monoisotopic (exact) mass is 470 g/mol. The van der Waals surface area contributed by atoms with Gasteiger partial charge in [-0.05, 0) is 34.9 Å². The molecule has 0 bridgehead atoms. The minimum Gasteiger partial charge on any atom is -0.468 e. The van der Waals surface area contributed by atoms with Gasteiger partial charge in [0.25, 0.3) is 5.91 Å². The highest BCUT2D eigenvalue weighted by molar-refractivity contribution is 7.88. The lowest BCUT2D eigenvalue weighted by Gasteiger charge is -2.22. The average molecular weight is 471 g/mol. The highest BCUT2D eigenvalue weighted by atomic mass is 32.2. The zero-order valence-electron chi connectivity index (χ0n) is 18.4. The Morgan fingerprint density at radius 3 is 2.27 bits per heavy atom. The molecule has 174 valence electrons. The fourth-order valence-corrected chi connectivity index (χ4v) is 4.81. The number of esters is 1. The van der Waals surface area contributed by atoms with Gasteiger partial charge in [-0.1, -0.05) is 60.7 Å². The van der Waals surface area contributed by atoms with Crippen molar-refractivity contribution in [1.82, 2.24) is 4.72 Å². The summed E-state index contributed by atoms with van der Waals surface area (Å²) in [6, 6.07) is 20.5. The van der Waals surface area contributed by atoms with Gasteiger partial charge in [0.2, 0.25) is 10.0 Å². The molecule has 9 heteroatoms. The van der Waals surface area contributed by atoms with Gasteiger partial charge < -0.3 is 4.74 Å². The van der Waals surface area contributed by atoms with Crippen LogP contribution in [-0.2, 0) is 34.9 Å². The Morgan fingerprint density at radius 1 is 0.939 bits per heavy atom. The summed E-state index contributed by atoms with van der Waals surface area (Å²) < 4.78 is 32.2. The van der Waals surface area contributed by atoms with Crippen LogP contribution < -0.4 is 9.79 Å². The second-order valence-electron chi connectivity index (χ2n) is 7.38. The van der Waals surface area contributed by atoms with Crippen molar-refractivity contribution in [2.24, 2.45) is 0 Å². The Bertz CT molecular complexity index is 1210. The smallest absolute Gasteiger partial charge is 0.323 e. The molecule has 0 heterocycles. The topological polar surface area (TPSA) is 102 Å². The number of nitrogens with one attached hydrogen (secondary N) is 1. The molecule has 1 unspecified atom stereocenters. The van der Waals surface area contributed by atoms with E-state index in [1.165, 1.54) is 14.2 Å². The number of ether oxygens (including phenoxy) is 1. The van der Waals surface area contributed by atoms with E-state index < -0.39 is 27.9 Å². The average Bonchev–Trinajstić information content (AvgIpc) is 2.82. The van der Waals surface area contributed by atoms with Crippen LogP contribution in [0.3, 0.4) is 0 Å². The summed E-state index contributed by atoms with van der Waals surface area (Å²) in [6.07, 6.45) is -0.235. The maximum Gasteiger partial charge on any atom is 0.323 e. The first-order chi connectivity index (χ1) is 15.8. The Labute approximate surface area is 193 Å². The van der Waals surface area contributed by atoms with E-state index in [9.17, 15) is 18.0 Å². The molecular formula is C24H26N2O6S. The minimum atomic E-state index is -3.85. The van der Waals surface area contributed by atoms with Crippen molar-refractivity contribution >= 4 is 38.4 Å². The lowest BCUT2D eigenvalue weighted by Crippen LogP contribution is -2.43. The Morgan fingerprint density at radius 2 is 1.61 bits per heavy atom. The van der Waals surface area contributed by atoms with Crippen molar-refractivity contribution in [2.45, 2.75) is 24.6 Å². The van der Waals surface area contributed by atoms with E-state index in [0.29, 0.717) is 11.3 Å². The summed E-state index contributed by atoms with van der Waals surface area (Å²) in [5.74, 6) is -1.49.